The molecule has 0 spiro atoms. The molecule has 0 amide bonds. The standard InChI is InChI=1S/C31H40FN5O3S/c32-27-17-25(18-28-30(27)31(38)35-29(34-28)20-41-26-9-15-39-16-10-26)40-19-21-5-11-36(12-6-21)24-7-13-37(14-8-24)23-3-1-22(33)2-4-23/h1-4,17-18,21,24,26H,5-16,19-20,33H2,(H,34,35,38). The number of H-pyrrole nitrogens is 1. The zero-order valence-electron chi connectivity index (χ0n) is 23.5. The van der Waals surface area contributed by atoms with Crippen LogP contribution in [0.1, 0.15) is 44.3 Å². The van der Waals surface area contributed by atoms with Crippen LogP contribution >= 0.6 is 11.8 Å². The summed E-state index contributed by atoms with van der Waals surface area (Å²) in [4.78, 5) is 25.1. The molecule has 0 bridgehead atoms. The zero-order chi connectivity index (χ0) is 28.2. The lowest BCUT2D eigenvalue weighted by atomic mass is 9.94. The monoisotopic (exact) mass is 581 g/mol. The minimum atomic E-state index is -0.588. The maximum atomic E-state index is 14.9. The average Bonchev–Trinajstić information content (AvgIpc) is 3.00. The van der Waals surface area contributed by atoms with E-state index in [1.54, 1.807) is 17.8 Å². The maximum absolute atomic E-state index is 14.9. The van der Waals surface area contributed by atoms with Crippen molar-refractivity contribution in [2.24, 2.45) is 5.92 Å². The number of fused-ring (bicyclic) bond motifs is 1. The zero-order valence-corrected chi connectivity index (χ0v) is 24.3. The van der Waals surface area contributed by atoms with Crippen LogP contribution in [0.5, 0.6) is 5.75 Å². The second kappa shape index (κ2) is 13.0. The van der Waals surface area contributed by atoms with E-state index in [9.17, 15) is 9.18 Å². The fraction of sp³-hybridized carbons (Fsp3) is 0.548. The van der Waals surface area contributed by atoms with Crippen molar-refractivity contribution in [2.45, 2.75) is 55.6 Å². The molecule has 3 N–H and O–H groups in total. The number of aromatic amines is 1. The number of rotatable bonds is 8. The normalized spacial score (nSPS) is 20.1. The minimum Gasteiger partial charge on any atom is -0.493 e. The summed E-state index contributed by atoms with van der Waals surface area (Å²) >= 11 is 1.77. The third-order valence-corrected chi connectivity index (χ3v) is 10.2. The molecule has 220 valence electrons. The quantitative estimate of drug-likeness (QED) is 0.366. The summed E-state index contributed by atoms with van der Waals surface area (Å²) in [5, 5.41) is 0.484. The van der Waals surface area contributed by atoms with Crippen molar-refractivity contribution in [1.82, 2.24) is 14.9 Å². The molecule has 0 atom stereocenters. The Morgan fingerprint density at radius 2 is 1.76 bits per heavy atom. The van der Waals surface area contributed by atoms with Crippen LogP contribution in [0, 0.1) is 11.7 Å². The Morgan fingerprint density at radius 1 is 1.02 bits per heavy atom. The van der Waals surface area contributed by atoms with Crippen LogP contribution in [0.4, 0.5) is 15.8 Å². The summed E-state index contributed by atoms with van der Waals surface area (Å²) in [5.74, 6) is 1.44. The number of hydrogen-bond donors (Lipinski definition) is 2. The first-order valence-electron chi connectivity index (χ1n) is 14.9. The van der Waals surface area contributed by atoms with Crippen LogP contribution in [-0.2, 0) is 10.5 Å². The number of nitrogens with zero attached hydrogens (tertiary/aromatic N) is 3. The smallest absolute Gasteiger partial charge is 0.261 e. The molecule has 3 aliphatic heterocycles. The predicted molar refractivity (Wildman–Crippen MR) is 163 cm³/mol. The summed E-state index contributed by atoms with van der Waals surface area (Å²) in [6, 6.07) is 11.8. The van der Waals surface area contributed by atoms with Crippen LogP contribution in [0.2, 0.25) is 0 Å². The highest BCUT2D eigenvalue weighted by Gasteiger charge is 2.28. The van der Waals surface area contributed by atoms with Gasteiger partial charge in [0.25, 0.3) is 5.56 Å². The number of nitrogen functional groups attached to an aromatic ring is 1. The molecule has 4 heterocycles. The van der Waals surface area contributed by atoms with Gasteiger partial charge < -0.3 is 30.0 Å². The number of thioether (sulfide) groups is 1. The molecule has 3 saturated heterocycles. The number of ether oxygens (including phenoxy) is 2. The fourth-order valence-corrected chi connectivity index (χ4v) is 7.37. The Bertz CT molecular complexity index is 1360. The van der Waals surface area contributed by atoms with Crippen LogP contribution in [0.15, 0.2) is 41.2 Å². The van der Waals surface area contributed by atoms with E-state index in [-0.39, 0.29) is 5.39 Å². The first-order valence-corrected chi connectivity index (χ1v) is 16.0. The molecule has 10 heteroatoms. The van der Waals surface area contributed by atoms with Crippen LogP contribution in [0.25, 0.3) is 10.9 Å². The molecule has 41 heavy (non-hydrogen) atoms. The molecule has 0 saturated carbocycles. The summed E-state index contributed by atoms with van der Waals surface area (Å²) in [6.07, 6.45) is 6.47. The number of nitrogens with one attached hydrogen (secondary N) is 1. The Morgan fingerprint density at radius 3 is 2.49 bits per heavy atom. The van der Waals surface area contributed by atoms with Crippen molar-refractivity contribution in [3.8, 4) is 5.75 Å². The van der Waals surface area contributed by atoms with Crippen LogP contribution in [0.3, 0.4) is 0 Å². The highest BCUT2D eigenvalue weighted by Crippen LogP contribution is 2.29. The number of aromatic nitrogens is 2. The molecule has 8 nitrogen and oxygen atoms in total. The molecule has 1 aromatic heterocycles. The Hall–Kier alpha value is -2.82. The van der Waals surface area contributed by atoms with E-state index >= 15 is 0 Å². The molecular formula is C31H40FN5O3S. The van der Waals surface area contributed by atoms with E-state index in [0.29, 0.717) is 46.7 Å². The maximum Gasteiger partial charge on any atom is 0.261 e. The highest BCUT2D eigenvalue weighted by molar-refractivity contribution is 7.99. The number of hydrogen-bond acceptors (Lipinski definition) is 8. The topological polar surface area (TPSA) is 96.7 Å². The van der Waals surface area contributed by atoms with E-state index in [4.69, 9.17) is 15.2 Å². The molecule has 2 aromatic carbocycles. The summed E-state index contributed by atoms with van der Waals surface area (Å²) in [6.45, 7) is 6.36. The summed E-state index contributed by atoms with van der Waals surface area (Å²) < 4.78 is 26.4. The average molecular weight is 582 g/mol. The second-order valence-electron chi connectivity index (χ2n) is 11.5. The van der Waals surface area contributed by atoms with Gasteiger partial charge in [-0.15, -0.1) is 0 Å². The number of likely N-dealkylation sites (tertiary alicyclic amines) is 1. The van der Waals surface area contributed by atoms with E-state index in [2.05, 4.69) is 31.9 Å². The number of anilines is 2. The van der Waals surface area contributed by atoms with Gasteiger partial charge in [-0.1, -0.05) is 0 Å². The van der Waals surface area contributed by atoms with Crippen molar-refractivity contribution >= 4 is 34.0 Å². The molecule has 0 unspecified atom stereocenters. The minimum absolute atomic E-state index is 0.00656. The predicted octanol–water partition coefficient (Wildman–Crippen LogP) is 4.82. The molecule has 3 aliphatic rings. The number of benzene rings is 2. The fourth-order valence-electron chi connectivity index (χ4n) is 6.31. The van der Waals surface area contributed by atoms with Gasteiger partial charge in [-0.2, -0.15) is 11.8 Å². The first-order chi connectivity index (χ1) is 20.0. The van der Waals surface area contributed by atoms with Crippen molar-refractivity contribution < 1.29 is 13.9 Å². The Kier molecular flexibility index (Phi) is 8.98. The van der Waals surface area contributed by atoms with E-state index in [1.807, 2.05) is 12.1 Å². The number of halogens is 1. The number of piperidine rings is 2. The lowest BCUT2D eigenvalue weighted by molar-refractivity contribution is 0.0949. The van der Waals surface area contributed by atoms with Gasteiger partial charge in [-0.3, -0.25) is 4.79 Å². The van der Waals surface area contributed by atoms with Crippen LogP contribution in [-0.4, -0.2) is 72.2 Å². The van der Waals surface area contributed by atoms with E-state index < -0.39 is 11.4 Å². The Labute approximate surface area is 244 Å². The molecule has 0 radical (unpaired) electrons. The second-order valence-corrected chi connectivity index (χ2v) is 12.8. The van der Waals surface area contributed by atoms with Crippen molar-refractivity contribution in [3.05, 3.63) is 58.4 Å². The largest absolute Gasteiger partial charge is 0.493 e. The Balaban J connectivity index is 0.994. The lowest BCUT2D eigenvalue weighted by Gasteiger charge is -2.42. The van der Waals surface area contributed by atoms with Gasteiger partial charge in [0.05, 0.1) is 17.9 Å². The van der Waals surface area contributed by atoms with Gasteiger partial charge in [0, 0.05) is 61.1 Å². The van der Waals surface area contributed by atoms with Crippen molar-refractivity contribution in [1.29, 1.82) is 0 Å². The third-order valence-electron chi connectivity index (χ3n) is 8.78. The third kappa shape index (κ3) is 6.98. The molecule has 3 aromatic rings. The van der Waals surface area contributed by atoms with Crippen molar-refractivity contribution in [3.63, 3.8) is 0 Å². The SMILES string of the molecule is Nc1ccc(N2CCC(N3CCC(COc4cc(F)c5c(=O)[nH]c(CSC6CCOCC6)nc5c4)CC3)CC2)cc1. The summed E-state index contributed by atoms with van der Waals surface area (Å²) in [5.41, 5.74) is 7.82. The van der Waals surface area contributed by atoms with Gasteiger partial charge in [0.1, 0.15) is 22.8 Å². The lowest BCUT2D eigenvalue weighted by Crippen LogP contribution is -2.48. The molecule has 3 fully saturated rings. The van der Waals surface area contributed by atoms with Gasteiger partial charge in [0.2, 0.25) is 0 Å². The van der Waals surface area contributed by atoms with E-state index in [0.717, 1.165) is 70.8 Å². The molecule has 6 rings (SSSR count). The molecular weight excluding hydrogens is 541 g/mol. The number of nitrogens with two attached hydrogens (primary N) is 1. The van der Waals surface area contributed by atoms with Gasteiger partial charge in [-0.25, -0.2) is 9.37 Å². The van der Waals surface area contributed by atoms with Gasteiger partial charge in [-0.05, 0) is 81.8 Å². The van der Waals surface area contributed by atoms with E-state index in [1.165, 1.54) is 24.6 Å². The van der Waals surface area contributed by atoms with Gasteiger partial charge >= 0.3 is 0 Å². The highest BCUT2D eigenvalue weighted by atomic mass is 32.2. The molecule has 0 aliphatic carbocycles. The van der Waals surface area contributed by atoms with Crippen molar-refractivity contribution in [2.75, 3.05) is 56.6 Å². The van der Waals surface area contributed by atoms with Crippen LogP contribution < -0.4 is 20.9 Å². The van der Waals surface area contributed by atoms with Gasteiger partial charge in [0.15, 0.2) is 0 Å². The summed E-state index contributed by atoms with van der Waals surface area (Å²) in [7, 11) is 0. The first kappa shape index (κ1) is 28.3.